The van der Waals surface area contributed by atoms with Crippen molar-refractivity contribution in [2.45, 2.75) is 26.0 Å². The van der Waals surface area contributed by atoms with Gasteiger partial charge in [0.15, 0.2) is 0 Å². The average molecular weight is 320 g/mol. The molecule has 0 fully saturated rings. The molecular weight excluding hydrogens is 303 g/mol. The van der Waals surface area contributed by atoms with E-state index in [0.717, 1.165) is 0 Å². The maximum absolute atomic E-state index is 13.0. The van der Waals surface area contributed by atoms with Gasteiger partial charge in [-0.05, 0) is 32.0 Å². The van der Waals surface area contributed by atoms with Crippen LogP contribution in [0.3, 0.4) is 0 Å². The van der Waals surface area contributed by atoms with Crippen molar-refractivity contribution in [1.29, 1.82) is 0 Å². The minimum Gasteiger partial charge on any atom is -0.487 e. The second-order valence-electron chi connectivity index (χ2n) is 5.47. The number of hydrogen-bond donors (Lipinski definition) is 3. The summed E-state index contributed by atoms with van der Waals surface area (Å²) in [4.78, 5) is 23.2. The maximum Gasteiger partial charge on any atom is 0.272 e. The van der Waals surface area contributed by atoms with E-state index >= 15 is 0 Å². The first-order valence-electron chi connectivity index (χ1n) is 6.83. The van der Waals surface area contributed by atoms with E-state index in [9.17, 15) is 14.0 Å². The van der Waals surface area contributed by atoms with Crippen molar-refractivity contribution < 1.29 is 18.7 Å². The molecule has 2 aromatic rings. The summed E-state index contributed by atoms with van der Waals surface area (Å²) < 4.78 is 18.4. The number of hydrogen-bond acceptors (Lipinski definition) is 4. The fourth-order valence-electron chi connectivity index (χ4n) is 1.68. The topological polar surface area (TPSA) is 110 Å². The standard InChI is InChI=1S/C15H17FN4O3/c1-15(2,14(17)22)18-13(21)12-7-10(19-20-12)8-23-11-5-3-4-9(16)6-11/h3-7H,8H2,1-2H3,(H2,17,22)(H,18,21)(H,19,20). The van der Waals surface area contributed by atoms with Crippen LogP contribution in [-0.2, 0) is 11.4 Å². The molecule has 23 heavy (non-hydrogen) atoms. The summed E-state index contributed by atoms with van der Waals surface area (Å²) in [6.07, 6.45) is 0. The molecule has 0 saturated heterocycles. The van der Waals surface area contributed by atoms with Gasteiger partial charge in [-0.15, -0.1) is 0 Å². The summed E-state index contributed by atoms with van der Waals surface area (Å²) in [5.41, 5.74) is 4.63. The van der Waals surface area contributed by atoms with Gasteiger partial charge in [0.2, 0.25) is 5.91 Å². The van der Waals surface area contributed by atoms with Gasteiger partial charge < -0.3 is 15.8 Å². The molecule has 1 heterocycles. The van der Waals surface area contributed by atoms with Gasteiger partial charge in [0, 0.05) is 6.07 Å². The molecule has 0 radical (unpaired) electrons. The number of nitrogens with zero attached hydrogens (tertiary/aromatic N) is 1. The van der Waals surface area contributed by atoms with E-state index in [1.165, 1.54) is 38.1 Å². The highest BCUT2D eigenvalue weighted by atomic mass is 19.1. The Morgan fingerprint density at radius 2 is 2.13 bits per heavy atom. The first kappa shape index (κ1) is 16.5. The van der Waals surface area contributed by atoms with E-state index in [1.807, 2.05) is 0 Å². The maximum atomic E-state index is 13.0. The number of aromatic amines is 1. The van der Waals surface area contributed by atoms with E-state index in [0.29, 0.717) is 11.4 Å². The Labute approximate surface area is 132 Å². The molecule has 0 spiro atoms. The molecular formula is C15H17FN4O3. The van der Waals surface area contributed by atoms with Gasteiger partial charge in [-0.3, -0.25) is 14.7 Å². The zero-order chi connectivity index (χ0) is 17.0. The van der Waals surface area contributed by atoms with Crippen LogP contribution in [0.2, 0.25) is 0 Å². The number of H-pyrrole nitrogens is 1. The lowest BCUT2D eigenvalue weighted by molar-refractivity contribution is -0.122. The van der Waals surface area contributed by atoms with E-state index in [-0.39, 0.29) is 12.3 Å². The molecule has 0 saturated carbocycles. The van der Waals surface area contributed by atoms with Gasteiger partial charge in [-0.25, -0.2) is 4.39 Å². The van der Waals surface area contributed by atoms with Crippen molar-refractivity contribution in [2.75, 3.05) is 0 Å². The minimum atomic E-state index is -1.19. The van der Waals surface area contributed by atoms with Crippen LogP contribution in [0.4, 0.5) is 4.39 Å². The number of halogens is 1. The van der Waals surface area contributed by atoms with Gasteiger partial charge in [0.05, 0.1) is 5.69 Å². The molecule has 4 N–H and O–H groups in total. The number of carbonyl (C=O) groups is 2. The van der Waals surface area contributed by atoms with Crippen LogP contribution >= 0.6 is 0 Å². The Bertz CT molecular complexity index is 727. The van der Waals surface area contributed by atoms with Crippen molar-refractivity contribution in [3.05, 3.63) is 47.5 Å². The molecule has 1 aromatic heterocycles. The lowest BCUT2D eigenvalue weighted by Gasteiger charge is -2.21. The number of ether oxygens (including phenoxy) is 1. The Balaban J connectivity index is 1.97. The van der Waals surface area contributed by atoms with Crippen molar-refractivity contribution >= 4 is 11.8 Å². The van der Waals surface area contributed by atoms with Gasteiger partial charge in [-0.2, -0.15) is 5.10 Å². The fraction of sp³-hybridized carbons (Fsp3) is 0.267. The molecule has 1 aromatic carbocycles. The number of rotatable bonds is 6. The molecule has 0 bridgehead atoms. The van der Waals surface area contributed by atoms with Crippen LogP contribution in [0.1, 0.15) is 30.0 Å². The molecule has 0 atom stereocenters. The third kappa shape index (κ3) is 4.29. The lowest BCUT2D eigenvalue weighted by atomic mass is 10.1. The number of nitrogens with one attached hydrogen (secondary N) is 2. The van der Waals surface area contributed by atoms with Crippen molar-refractivity contribution in [3.8, 4) is 5.75 Å². The summed E-state index contributed by atoms with van der Waals surface area (Å²) in [6.45, 7) is 3.07. The van der Waals surface area contributed by atoms with E-state index in [2.05, 4.69) is 15.5 Å². The highest BCUT2D eigenvalue weighted by molar-refractivity contribution is 5.97. The third-order valence-electron chi connectivity index (χ3n) is 3.10. The number of aromatic nitrogens is 2. The number of amides is 2. The molecule has 0 aliphatic heterocycles. The van der Waals surface area contributed by atoms with Gasteiger partial charge in [0.25, 0.3) is 5.91 Å². The minimum absolute atomic E-state index is 0.0863. The summed E-state index contributed by atoms with van der Waals surface area (Å²) in [5, 5.41) is 8.97. The molecule has 8 heteroatoms. The Morgan fingerprint density at radius 3 is 2.78 bits per heavy atom. The van der Waals surface area contributed by atoms with Crippen molar-refractivity contribution in [2.24, 2.45) is 5.73 Å². The second kappa shape index (κ2) is 6.47. The van der Waals surface area contributed by atoms with E-state index < -0.39 is 23.2 Å². The average Bonchev–Trinajstić information content (AvgIpc) is 2.93. The quantitative estimate of drug-likeness (QED) is 0.740. The van der Waals surface area contributed by atoms with Crippen LogP contribution < -0.4 is 15.8 Å². The molecule has 122 valence electrons. The zero-order valence-corrected chi connectivity index (χ0v) is 12.7. The molecule has 2 amide bonds. The van der Waals surface area contributed by atoms with Crippen LogP contribution in [-0.4, -0.2) is 27.6 Å². The molecule has 0 aliphatic carbocycles. The first-order valence-corrected chi connectivity index (χ1v) is 6.83. The highest BCUT2D eigenvalue weighted by Gasteiger charge is 2.28. The Kier molecular flexibility index (Phi) is 4.63. The predicted octanol–water partition coefficient (Wildman–Crippen LogP) is 1.12. The van der Waals surface area contributed by atoms with E-state index in [4.69, 9.17) is 10.5 Å². The van der Waals surface area contributed by atoms with Crippen LogP contribution in [0.15, 0.2) is 30.3 Å². The van der Waals surface area contributed by atoms with Gasteiger partial charge in [0.1, 0.15) is 29.4 Å². The summed E-state index contributed by atoms with van der Waals surface area (Å²) in [6, 6.07) is 7.18. The second-order valence-corrected chi connectivity index (χ2v) is 5.47. The summed E-state index contributed by atoms with van der Waals surface area (Å²) >= 11 is 0. The molecule has 0 aliphatic rings. The predicted molar refractivity (Wildman–Crippen MR) is 80.1 cm³/mol. The lowest BCUT2D eigenvalue weighted by Crippen LogP contribution is -2.53. The number of carbonyl (C=O) groups excluding carboxylic acids is 2. The highest BCUT2D eigenvalue weighted by Crippen LogP contribution is 2.14. The van der Waals surface area contributed by atoms with Crippen LogP contribution in [0.25, 0.3) is 0 Å². The molecule has 2 rings (SSSR count). The zero-order valence-electron chi connectivity index (χ0n) is 12.7. The Hall–Kier alpha value is -2.90. The smallest absolute Gasteiger partial charge is 0.272 e. The van der Waals surface area contributed by atoms with Crippen molar-refractivity contribution in [3.63, 3.8) is 0 Å². The fourth-order valence-corrected chi connectivity index (χ4v) is 1.68. The van der Waals surface area contributed by atoms with Gasteiger partial charge >= 0.3 is 0 Å². The first-order chi connectivity index (χ1) is 10.8. The SMILES string of the molecule is CC(C)(NC(=O)c1cc(COc2cccc(F)c2)[nH]n1)C(N)=O. The largest absolute Gasteiger partial charge is 0.487 e. The van der Waals surface area contributed by atoms with Crippen molar-refractivity contribution in [1.82, 2.24) is 15.5 Å². The number of benzene rings is 1. The summed E-state index contributed by atoms with van der Waals surface area (Å²) in [5.74, 6) is -1.24. The number of primary amides is 1. The molecule has 7 nitrogen and oxygen atoms in total. The van der Waals surface area contributed by atoms with Crippen LogP contribution in [0.5, 0.6) is 5.75 Å². The van der Waals surface area contributed by atoms with Crippen LogP contribution in [0, 0.1) is 5.82 Å². The summed E-state index contributed by atoms with van der Waals surface area (Å²) in [7, 11) is 0. The van der Waals surface area contributed by atoms with E-state index in [1.54, 1.807) is 6.07 Å². The normalized spacial score (nSPS) is 11.1. The third-order valence-corrected chi connectivity index (χ3v) is 3.10. The molecule has 0 unspecified atom stereocenters. The monoisotopic (exact) mass is 320 g/mol. The van der Waals surface area contributed by atoms with Gasteiger partial charge in [-0.1, -0.05) is 6.07 Å². The Morgan fingerprint density at radius 1 is 1.39 bits per heavy atom. The number of nitrogens with two attached hydrogens (primary N) is 1.